The normalized spacial score (nSPS) is 15.7. The van der Waals surface area contributed by atoms with E-state index in [4.69, 9.17) is 5.41 Å². The zero-order chi connectivity index (χ0) is 36.0. The maximum Gasteiger partial charge on any atom is 0.160 e. The van der Waals surface area contributed by atoms with E-state index < -0.39 is 0 Å². The third-order valence-electron chi connectivity index (χ3n) is 10.7. The van der Waals surface area contributed by atoms with Crippen molar-refractivity contribution in [3.05, 3.63) is 199 Å². The van der Waals surface area contributed by atoms with Gasteiger partial charge in [-0.3, -0.25) is 5.32 Å². The number of aromatic nitrogens is 1. The molecule has 0 saturated heterocycles. The fraction of sp³-hybridized carbons (Fsp3) is 0.0408. The first kappa shape index (κ1) is 31.8. The lowest BCUT2D eigenvalue weighted by molar-refractivity contribution is 0.351. The van der Waals surface area contributed by atoms with Crippen LogP contribution < -0.4 is 16.0 Å². The molecule has 5 heteroatoms. The number of fused-ring (bicyclic) bond motifs is 7. The summed E-state index contributed by atoms with van der Waals surface area (Å²) >= 11 is 0. The van der Waals surface area contributed by atoms with E-state index >= 15 is 0 Å². The second-order valence-corrected chi connectivity index (χ2v) is 13.9. The second-order valence-electron chi connectivity index (χ2n) is 13.9. The number of para-hydroxylation sites is 1. The number of hydrogen-bond donors (Lipinski definition) is 4. The Morgan fingerprint density at radius 1 is 0.574 bits per heavy atom. The Morgan fingerprint density at radius 2 is 1.24 bits per heavy atom. The minimum atomic E-state index is -0.313. The van der Waals surface area contributed by atoms with Gasteiger partial charge in [0.05, 0.1) is 17.1 Å². The number of benzene rings is 8. The van der Waals surface area contributed by atoms with Gasteiger partial charge in [0, 0.05) is 45.0 Å². The highest BCUT2D eigenvalue weighted by molar-refractivity contribution is 6.30. The van der Waals surface area contributed by atoms with Gasteiger partial charge < -0.3 is 20.6 Å². The van der Waals surface area contributed by atoms with Crippen LogP contribution in [0.1, 0.15) is 29.0 Å². The summed E-state index contributed by atoms with van der Waals surface area (Å²) in [5.41, 5.74) is 10.6. The van der Waals surface area contributed by atoms with E-state index in [1.165, 1.54) is 49.8 Å². The quantitative estimate of drug-likeness (QED) is 0.0991. The highest BCUT2D eigenvalue weighted by Gasteiger charge is 2.28. The van der Waals surface area contributed by atoms with Crippen LogP contribution in [0.5, 0.6) is 0 Å². The molecule has 0 aliphatic carbocycles. The van der Waals surface area contributed by atoms with E-state index in [-0.39, 0.29) is 12.3 Å². The van der Waals surface area contributed by atoms with Crippen LogP contribution >= 0.6 is 0 Å². The SMILES string of the molecule is N=Cc1cc2c3c4c(ccc3n(C3NC(c5ccccc5)=CC(c5ccccc5)N3)c2cc1Nc1ccccc1)c(-c1ccccc1)cc1ccccc14. The van der Waals surface area contributed by atoms with Crippen molar-refractivity contribution < 1.29 is 0 Å². The molecule has 2 atom stereocenters. The third kappa shape index (κ3) is 5.42. The summed E-state index contributed by atoms with van der Waals surface area (Å²) < 4.78 is 2.42. The molecule has 2 heterocycles. The summed E-state index contributed by atoms with van der Waals surface area (Å²) in [5, 5.41) is 27.2. The zero-order valence-electron chi connectivity index (χ0n) is 29.5. The number of nitrogens with zero attached hydrogens (tertiary/aromatic N) is 1. The highest BCUT2D eigenvalue weighted by Crippen LogP contribution is 2.45. The van der Waals surface area contributed by atoms with Crippen molar-refractivity contribution in [1.29, 1.82) is 5.41 Å². The molecule has 1 aromatic heterocycles. The molecule has 0 bridgehead atoms. The van der Waals surface area contributed by atoms with Crippen molar-refractivity contribution in [2.24, 2.45) is 0 Å². The van der Waals surface area contributed by atoms with Gasteiger partial charge in [-0.25, -0.2) is 0 Å². The maximum absolute atomic E-state index is 8.62. The van der Waals surface area contributed by atoms with Gasteiger partial charge in [-0.2, -0.15) is 0 Å². The number of anilines is 2. The molecule has 1 aliphatic heterocycles. The Kier molecular flexibility index (Phi) is 7.78. The smallest absolute Gasteiger partial charge is 0.160 e. The molecule has 0 saturated carbocycles. The fourth-order valence-corrected chi connectivity index (χ4v) is 8.24. The van der Waals surface area contributed by atoms with E-state index in [0.29, 0.717) is 0 Å². The molecule has 0 amide bonds. The largest absolute Gasteiger partial charge is 0.355 e. The summed E-state index contributed by atoms with van der Waals surface area (Å²) in [7, 11) is 0. The standard InChI is InChI=1S/C49H37N5/c50-31-36-28-41-46(30-44(36)51-37-22-11-4-12-23-37)54(49-52-42(33-17-7-2-8-18-33)29-43(53-49)34-19-9-3-10-20-34)45-26-25-39-40(32-15-5-1-6-16-32)27-35-21-13-14-24-38(35)47(39)48(41)45/h1-31,42,49-53H. The minimum Gasteiger partial charge on any atom is -0.355 e. The van der Waals surface area contributed by atoms with Gasteiger partial charge in [-0.15, -0.1) is 0 Å². The first-order chi connectivity index (χ1) is 26.7. The van der Waals surface area contributed by atoms with Gasteiger partial charge in [-0.1, -0.05) is 140 Å². The summed E-state index contributed by atoms with van der Waals surface area (Å²) in [5.74, 6) is 0. The minimum absolute atomic E-state index is 0.0473. The Bertz CT molecular complexity index is 2860. The van der Waals surface area contributed by atoms with E-state index in [1.54, 1.807) is 0 Å². The van der Waals surface area contributed by atoms with Crippen LogP contribution in [0.15, 0.2) is 182 Å². The van der Waals surface area contributed by atoms with E-state index in [1.807, 2.05) is 18.2 Å². The predicted molar refractivity (Wildman–Crippen MR) is 226 cm³/mol. The van der Waals surface area contributed by atoms with Crippen LogP contribution in [0, 0.1) is 5.41 Å². The van der Waals surface area contributed by atoms with Crippen molar-refractivity contribution in [3.63, 3.8) is 0 Å². The molecular weight excluding hydrogens is 659 g/mol. The first-order valence-corrected chi connectivity index (χ1v) is 18.4. The third-order valence-corrected chi connectivity index (χ3v) is 10.7. The molecule has 0 radical (unpaired) electrons. The van der Waals surface area contributed by atoms with Gasteiger partial charge in [0.2, 0.25) is 0 Å². The Balaban J connectivity index is 1.30. The lowest BCUT2D eigenvalue weighted by Gasteiger charge is -2.34. The van der Waals surface area contributed by atoms with Crippen LogP contribution in [0.2, 0.25) is 0 Å². The van der Waals surface area contributed by atoms with E-state index in [0.717, 1.165) is 44.6 Å². The van der Waals surface area contributed by atoms with E-state index in [2.05, 4.69) is 184 Å². The highest BCUT2D eigenvalue weighted by atomic mass is 15.3. The zero-order valence-corrected chi connectivity index (χ0v) is 29.5. The van der Waals surface area contributed by atoms with Crippen molar-refractivity contribution in [2.45, 2.75) is 12.3 Å². The molecule has 0 spiro atoms. The number of nitrogens with one attached hydrogen (secondary N) is 4. The Labute approximate surface area is 313 Å². The van der Waals surface area contributed by atoms with Crippen molar-refractivity contribution in [3.8, 4) is 11.1 Å². The number of rotatable bonds is 7. The lowest BCUT2D eigenvalue weighted by Crippen LogP contribution is -2.43. The molecule has 4 N–H and O–H groups in total. The second kappa shape index (κ2) is 13.2. The predicted octanol–water partition coefficient (Wildman–Crippen LogP) is 11.9. The lowest BCUT2D eigenvalue weighted by atomic mass is 9.91. The maximum atomic E-state index is 8.62. The fourth-order valence-electron chi connectivity index (χ4n) is 8.24. The van der Waals surface area contributed by atoms with Crippen LogP contribution in [-0.2, 0) is 0 Å². The molecule has 54 heavy (non-hydrogen) atoms. The van der Waals surface area contributed by atoms with Crippen LogP contribution in [0.3, 0.4) is 0 Å². The molecule has 8 aromatic carbocycles. The van der Waals surface area contributed by atoms with Gasteiger partial charge >= 0.3 is 0 Å². The Hall–Kier alpha value is -6.95. The molecular formula is C49H37N5. The van der Waals surface area contributed by atoms with Gasteiger partial charge in [0.15, 0.2) is 6.29 Å². The molecule has 2 unspecified atom stereocenters. The average molecular weight is 696 g/mol. The molecule has 258 valence electrons. The summed E-state index contributed by atoms with van der Waals surface area (Å²) in [6.45, 7) is 0. The monoisotopic (exact) mass is 695 g/mol. The van der Waals surface area contributed by atoms with Gasteiger partial charge in [0.1, 0.15) is 0 Å². The van der Waals surface area contributed by atoms with E-state index in [9.17, 15) is 0 Å². The molecule has 10 rings (SSSR count). The first-order valence-electron chi connectivity index (χ1n) is 18.4. The molecule has 0 fully saturated rings. The summed E-state index contributed by atoms with van der Waals surface area (Å²) in [4.78, 5) is 0. The molecule has 1 aliphatic rings. The Morgan fingerprint density at radius 3 is 1.98 bits per heavy atom. The van der Waals surface area contributed by atoms with Crippen LogP contribution in [0.25, 0.3) is 60.2 Å². The molecule has 5 nitrogen and oxygen atoms in total. The number of hydrogen-bond acceptors (Lipinski definition) is 4. The topological polar surface area (TPSA) is 64.9 Å². The van der Waals surface area contributed by atoms with Crippen molar-refractivity contribution in [1.82, 2.24) is 15.2 Å². The van der Waals surface area contributed by atoms with Gasteiger partial charge in [0.25, 0.3) is 0 Å². The summed E-state index contributed by atoms with van der Waals surface area (Å²) in [6.07, 6.45) is 3.44. The van der Waals surface area contributed by atoms with Crippen LogP contribution in [-0.4, -0.2) is 10.8 Å². The van der Waals surface area contributed by atoms with Crippen LogP contribution in [0.4, 0.5) is 11.4 Å². The average Bonchev–Trinajstić information content (AvgIpc) is 3.57. The van der Waals surface area contributed by atoms with Gasteiger partial charge in [-0.05, 0) is 80.9 Å². The van der Waals surface area contributed by atoms with Crippen molar-refractivity contribution in [2.75, 3.05) is 5.32 Å². The summed E-state index contributed by atoms with van der Waals surface area (Å²) in [6, 6.07) is 62.1. The van der Waals surface area contributed by atoms with Crippen molar-refractivity contribution >= 4 is 66.6 Å². The molecule has 9 aromatic rings.